The van der Waals surface area contributed by atoms with Gasteiger partial charge in [-0.3, -0.25) is 0 Å². The van der Waals surface area contributed by atoms with Crippen molar-refractivity contribution in [3.63, 3.8) is 0 Å². The van der Waals surface area contributed by atoms with Crippen LogP contribution in [0, 0.1) is 20.8 Å². The second kappa shape index (κ2) is 629. The van der Waals surface area contributed by atoms with E-state index in [1.165, 1.54) is 0 Å². The van der Waals surface area contributed by atoms with E-state index in [-0.39, 0.29) is 28.3 Å². The minimum Gasteiger partial charge on any atom is -0.346 e. The number of hydrogen-bond donors (Lipinski definition) is 0. The predicted molar refractivity (Wildman–Crippen MR) is 43.0 cm³/mol. The molecule has 0 bridgehead atoms. The first-order chi connectivity index (χ1) is 3.00. The van der Waals surface area contributed by atoms with E-state index in [0.29, 0.717) is 0 Å². The maximum atomic E-state index is 3.25. The van der Waals surface area contributed by atoms with Crippen molar-refractivity contribution in [2.24, 2.45) is 0 Å². The monoisotopic (exact) mass is 170 g/mol. The van der Waals surface area contributed by atoms with Gasteiger partial charge in [-0.1, -0.05) is 0 Å². The van der Waals surface area contributed by atoms with Crippen LogP contribution in [0.5, 0.6) is 0 Å². The molecule has 0 N–H and O–H groups in total. The zero-order valence-electron chi connectivity index (χ0n) is 6.53. The van der Waals surface area contributed by atoms with Crippen molar-refractivity contribution in [3.05, 3.63) is 20.8 Å². The number of rotatable bonds is 0. The largest absolute Gasteiger partial charge is 3.00 e. The summed E-state index contributed by atoms with van der Waals surface area (Å²) in [7, 11) is 0. The van der Waals surface area contributed by atoms with Crippen LogP contribution in [0.2, 0.25) is 0 Å². The van der Waals surface area contributed by atoms with Crippen LogP contribution in [-0.2, 0) is 17.4 Å². The third kappa shape index (κ3) is 397. The minimum atomic E-state index is 0. The minimum absolute atomic E-state index is 0. The zero-order chi connectivity index (χ0) is 6.00. The topological polar surface area (TPSA) is 0 Å². The zero-order valence-corrected chi connectivity index (χ0v) is 9.80. The molecule has 0 aromatic heterocycles. The van der Waals surface area contributed by atoms with Gasteiger partial charge in [0.25, 0.3) is 0 Å². The summed E-state index contributed by atoms with van der Waals surface area (Å²) in [6.07, 6.45) is 0. The second-order valence-electron chi connectivity index (χ2n) is 0. The van der Waals surface area contributed by atoms with Gasteiger partial charge in [0.15, 0.2) is 0 Å². The van der Waals surface area contributed by atoms with Crippen LogP contribution in [0.4, 0.5) is 0 Å². The molecule has 0 rings (SSSR count). The molecule has 0 aromatic carbocycles. The van der Waals surface area contributed by atoms with E-state index < -0.39 is 0 Å². The first kappa shape index (κ1) is 37.4. The van der Waals surface area contributed by atoms with E-state index in [1.807, 2.05) is 0 Å². The van der Waals surface area contributed by atoms with Crippen LogP contribution < -0.4 is 0 Å². The smallest absolute Gasteiger partial charge is 0.346 e. The normalized spacial score (nSPS) is 2.25. The molecule has 0 heterocycles. The fraction of sp³-hybridized carbons (Fsp3) is 0.500. The molecular weight excluding hydrogens is 152 g/mol. The standard InChI is InChI=1S/3C2H5.Cr.H3Si/c3*1-2;;/h3*1H2,2H3;;1H3/q3*-1;+3;. The average Bonchev–Trinajstić information content (AvgIpc) is 1.81. The van der Waals surface area contributed by atoms with Gasteiger partial charge in [0, 0.05) is 0 Å². The van der Waals surface area contributed by atoms with Crippen molar-refractivity contribution in [2.45, 2.75) is 20.8 Å². The third-order valence-corrected chi connectivity index (χ3v) is 0. The van der Waals surface area contributed by atoms with Crippen molar-refractivity contribution in [3.8, 4) is 0 Å². The summed E-state index contributed by atoms with van der Waals surface area (Å²) in [5, 5.41) is 0. The Balaban J connectivity index is -0.00000000500. The average molecular weight is 170 g/mol. The van der Waals surface area contributed by atoms with Gasteiger partial charge in [-0.2, -0.15) is 20.8 Å². The Kier molecular flexibility index (Phi) is 2940. The summed E-state index contributed by atoms with van der Waals surface area (Å²) in [5.41, 5.74) is 0. The van der Waals surface area contributed by atoms with Gasteiger partial charge in [-0.05, 0) is 11.0 Å². The molecule has 0 fully saturated rings. The molecule has 0 saturated carbocycles. The van der Waals surface area contributed by atoms with Crippen molar-refractivity contribution in [1.82, 2.24) is 0 Å². The van der Waals surface area contributed by atoms with Gasteiger partial charge in [0.1, 0.15) is 0 Å². The van der Waals surface area contributed by atoms with Crippen LogP contribution in [0.1, 0.15) is 20.8 Å². The molecule has 0 aromatic rings. The van der Waals surface area contributed by atoms with Crippen molar-refractivity contribution >= 4 is 11.0 Å². The summed E-state index contributed by atoms with van der Waals surface area (Å²) in [6.45, 7) is 15.0. The number of hydrogen-bond acceptors (Lipinski definition) is 0. The van der Waals surface area contributed by atoms with E-state index >= 15 is 0 Å². The predicted octanol–water partition coefficient (Wildman–Crippen LogP) is 1.33. The second-order valence-corrected chi connectivity index (χ2v) is 0. The van der Waals surface area contributed by atoms with Gasteiger partial charge < -0.3 is 20.8 Å². The molecule has 0 saturated heterocycles. The van der Waals surface area contributed by atoms with Crippen LogP contribution in [0.3, 0.4) is 0 Å². The Bertz CT molecular complexity index is 8.49. The molecule has 0 aliphatic heterocycles. The Hall–Kier alpha value is 0.749. The Morgan fingerprint density at radius 2 is 0.625 bits per heavy atom. The summed E-state index contributed by atoms with van der Waals surface area (Å²) >= 11 is 0. The summed E-state index contributed by atoms with van der Waals surface area (Å²) in [5.74, 6) is 0. The molecule has 0 amide bonds. The van der Waals surface area contributed by atoms with Crippen molar-refractivity contribution in [1.29, 1.82) is 0 Å². The molecule has 0 unspecified atom stereocenters. The van der Waals surface area contributed by atoms with E-state index in [0.717, 1.165) is 0 Å². The maximum Gasteiger partial charge on any atom is 3.00 e. The van der Waals surface area contributed by atoms with Crippen LogP contribution in [0.25, 0.3) is 0 Å². The SMILES string of the molecule is [CH2-]C.[CH2-]C.[CH2-]C.[Cr+3].[SiH3]. The Morgan fingerprint density at radius 3 is 0.625 bits per heavy atom. The summed E-state index contributed by atoms with van der Waals surface area (Å²) in [4.78, 5) is 0. The van der Waals surface area contributed by atoms with Gasteiger partial charge >= 0.3 is 17.4 Å². The molecule has 2 heteroatoms. The molecule has 2 radical (unpaired) electrons. The van der Waals surface area contributed by atoms with Gasteiger partial charge in [-0.15, -0.1) is 0 Å². The summed E-state index contributed by atoms with van der Waals surface area (Å²) < 4.78 is 0. The molecule has 8 heavy (non-hydrogen) atoms. The molecule has 0 aliphatic rings. The van der Waals surface area contributed by atoms with Crippen LogP contribution in [0.15, 0.2) is 0 Å². The van der Waals surface area contributed by atoms with Crippen LogP contribution in [-0.4, -0.2) is 11.0 Å². The van der Waals surface area contributed by atoms with E-state index in [1.54, 1.807) is 20.8 Å². The summed E-state index contributed by atoms with van der Waals surface area (Å²) in [6, 6.07) is 0. The Labute approximate surface area is 70.2 Å². The van der Waals surface area contributed by atoms with Crippen molar-refractivity contribution in [2.75, 3.05) is 0 Å². The van der Waals surface area contributed by atoms with Gasteiger partial charge in [-0.25, -0.2) is 0 Å². The molecule has 0 atom stereocenters. The molecule has 0 spiro atoms. The first-order valence-corrected chi connectivity index (χ1v) is 2.12. The first-order valence-electron chi connectivity index (χ1n) is 2.12. The fourth-order valence-electron chi connectivity index (χ4n) is 0. The van der Waals surface area contributed by atoms with Gasteiger partial charge in [0.05, 0.1) is 0 Å². The van der Waals surface area contributed by atoms with Gasteiger partial charge in [0.2, 0.25) is 0 Å². The van der Waals surface area contributed by atoms with E-state index in [2.05, 4.69) is 20.8 Å². The maximum absolute atomic E-state index is 3.25. The fourth-order valence-corrected chi connectivity index (χ4v) is 0. The quantitative estimate of drug-likeness (QED) is 0.380. The van der Waals surface area contributed by atoms with Crippen molar-refractivity contribution < 1.29 is 17.4 Å². The van der Waals surface area contributed by atoms with E-state index in [9.17, 15) is 0 Å². The van der Waals surface area contributed by atoms with Crippen LogP contribution >= 0.6 is 0 Å². The molecule has 52 valence electrons. The Morgan fingerprint density at radius 1 is 0.625 bits per heavy atom. The molecule has 0 aliphatic carbocycles. The molecular formula is C6H18CrSi. The molecule has 0 nitrogen and oxygen atoms in total. The third-order valence-electron chi connectivity index (χ3n) is 0. The van der Waals surface area contributed by atoms with E-state index in [4.69, 9.17) is 0 Å².